The molecule has 0 saturated heterocycles. The summed E-state index contributed by atoms with van der Waals surface area (Å²) in [5, 5.41) is 0.584. The van der Waals surface area contributed by atoms with Gasteiger partial charge in [0, 0.05) is 17.5 Å². The Morgan fingerprint density at radius 3 is 2.38 bits per heavy atom. The first-order chi connectivity index (χ1) is 10.1. The second-order valence-electron chi connectivity index (χ2n) is 4.63. The van der Waals surface area contributed by atoms with Gasteiger partial charge in [0.15, 0.2) is 11.5 Å². The van der Waals surface area contributed by atoms with Crippen LogP contribution in [0.4, 0.5) is 0 Å². The number of nitrogens with two attached hydrogens (primary N) is 1. The summed E-state index contributed by atoms with van der Waals surface area (Å²) in [7, 11) is 0. The number of ether oxygens (including phenoxy) is 2. The van der Waals surface area contributed by atoms with Crippen LogP contribution < -0.4 is 15.2 Å². The number of fused-ring (bicyclic) bond motifs is 1. The Morgan fingerprint density at radius 2 is 1.76 bits per heavy atom. The van der Waals surface area contributed by atoms with E-state index >= 15 is 0 Å². The Morgan fingerprint density at radius 1 is 1.10 bits per heavy atom. The third kappa shape index (κ3) is 3.24. The standard InChI is InChI=1S/C14H12Br2ClNO2S/c15-12-5-8(14(16)21-12)13(18)7-4-10-11(6-9(7)17)20-3-1-2-19-10/h4-6,13H,1-3,18H2. The number of hydrogen-bond acceptors (Lipinski definition) is 4. The van der Waals surface area contributed by atoms with E-state index in [1.807, 2.05) is 12.1 Å². The molecule has 1 atom stereocenters. The van der Waals surface area contributed by atoms with E-state index in [-0.39, 0.29) is 6.04 Å². The third-order valence-electron chi connectivity index (χ3n) is 3.22. The minimum Gasteiger partial charge on any atom is -0.490 e. The van der Waals surface area contributed by atoms with Gasteiger partial charge in [-0.2, -0.15) is 0 Å². The summed E-state index contributed by atoms with van der Waals surface area (Å²) in [6, 6.07) is 5.34. The molecule has 2 N–H and O–H groups in total. The largest absolute Gasteiger partial charge is 0.490 e. The van der Waals surface area contributed by atoms with Gasteiger partial charge in [-0.25, -0.2) is 0 Å². The van der Waals surface area contributed by atoms with Crippen LogP contribution in [0.1, 0.15) is 23.6 Å². The Kier molecular flexibility index (Phi) is 4.81. The molecule has 3 rings (SSSR count). The van der Waals surface area contributed by atoms with Gasteiger partial charge in [0.2, 0.25) is 0 Å². The summed E-state index contributed by atoms with van der Waals surface area (Å²) in [6.45, 7) is 1.27. The van der Waals surface area contributed by atoms with Crippen molar-refractivity contribution < 1.29 is 9.47 Å². The van der Waals surface area contributed by atoms with Gasteiger partial charge in [0.1, 0.15) is 0 Å². The van der Waals surface area contributed by atoms with Crippen molar-refractivity contribution >= 4 is 54.8 Å². The molecule has 1 aromatic heterocycles. The van der Waals surface area contributed by atoms with E-state index < -0.39 is 0 Å². The van der Waals surface area contributed by atoms with Crippen LogP contribution in [-0.2, 0) is 0 Å². The molecule has 21 heavy (non-hydrogen) atoms. The van der Waals surface area contributed by atoms with Gasteiger partial charge in [-0.3, -0.25) is 0 Å². The second kappa shape index (κ2) is 6.46. The van der Waals surface area contributed by atoms with Gasteiger partial charge < -0.3 is 15.2 Å². The second-order valence-corrected chi connectivity index (χ2v) is 8.78. The third-order valence-corrected chi connectivity index (χ3v) is 5.93. The molecule has 0 aliphatic carbocycles. The molecule has 1 aliphatic heterocycles. The molecule has 0 radical (unpaired) electrons. The summed E-state index contributed by atoms with van der Waals surface area (Å²) >= 11 is 15.0. The van der Waals surface area contributed by atoms with Crippen molar-refractivity contribution in [2.24, 2.45) is 5.73 Å². The minimum atomic E-state index is -0.327. The van der Waals surface area contributed by atoms with Crippen molar-refractivity contribution in [2.45, 2.75) is 12.5 Å². The predicted molar refractivity (Wildman–Crippen MR) is 92.8 cm³/mol. The van der Waals surface area contributed by atoms with Crippen molar-refractivity contribution in [3.63, 3.8) is 0 Å². The van der Waals surface area contributed by atoms with Crippen molar-refractivity contribution in [1.29, 1.82) is 0 Å². The number of hydrogen-bond donors (Lipinski definition) is 1. The molecule has 0 fully saturated rings. The summed E-state index contributed by atoms with van der Waals surface area (Å²) in [4.78, 5) is 0. The number of thiophene rings is 1. The lowest BCUT2D eigenvalue weighted by molar-refractivity contribution is 0.297. The van der Waals surface area contributed by atoms with Crippen molar-refractivity contribution in [3.8, 4) is 11.5 Å². The van der Waals surface area contributed by atoms with Crippen molar-refractivity contribution in [1.82, 2.24) is 0 Å². The van der Waals surface area contributed by atoms with Gasteiger partial charge in [0.05, 0.1) is 26.8 Å². The van der Waals surface area contributed by atoms with Gasteiger partial charge in [-0.05, 0) is 55.1 Å². The first-order valence-electron chi connectivity index (χ1n) is 6.35. The van der Waals surface area contributed by atoms with Gasteiger partial charge in [-0.1, -0.05) is 11.6 Å². The predicted octanol–water partition coefficient (Wildman–Crippen LogP) is 5.14. The molecule has 0 bridgehead atoms. The molecule has 0 spiro atoms. The van der Waals surface area contributed by atoms with Crippen LogP contribution in [-0.4, -0.2) is 13.2 Å². The minimum absolute atomic E-state index is 0.327. The van der Waals surface area contributed by atoms with E-state index in [0.717, 1.165) is 25.1 Å². The fraction of sp³-hybridized carbons (Fsp3) is 0.286. The molecule has 112 valence electrons. The highest BCUT2D eigenvalue weighted by Crippen LogP contribution is 2.42. The molecule has 0 saturated carbocycles. The van der Waals surface area contributed by atoms with Crippen LogP contribution in [0.15, 0.2) is 25.8 Å². The van der Waals surface area contributed by atoms with E-state index in [2.05, 4.69) is 31.9 Å². The zero-order valence-electron chi connectivity index (χ0n) is 10.9. The van der Waals surface area contributed by atoms with Crippen LogP contribution in [0, 0.1) is 0 Å². The fourth-order valence-corrected chi connectivity index (χ4v) is 5.37. The molecule has 1 aromatic carbocycles. The van der Waals surface area contributed by atoms with E-state index in [1.165, 1.54) is 0 Å². The summed E-state index contributed by atoms with van der Waals surface area (Å²) in [5.74, 6) is 1.38. The quantitative estimate of drug-likeness (QED) is 0.685. The zero-order valence-corrected chi connectivity index (χ0v) is 15.6. The van der Waals surface area contributed by atoms with Crippen molar-refractivity contribution in [3.05, 3.63) is 41.9 Å². The molecular formula is C14H12Br2ClNO2S. The molecule has 1 aliphatic rings. The first kappa shape index (κ1) is 15.6. The summed E-state index contributed by atoms with van der Waals surface area (Å²) in [6.07, 6.45) is 0.858. The monoisotopic (exact) mass is 451 g/mol. The highest BCUT2D eigenvalue weighted by atomic mass is 79.9. The molecular weight excluding hydrogens is 441 g/mol. The average Bonchev–Trinajstić information content (AvgIpc) is 2.64. The van der Waals surface area contributed by atoms with Crippen LogP contribution >= 0.6 is 54.8 Å². The maximum Gasteiger partial charge on any atom is 0.162 e. The van der Waals surface area contributed by atoms with Gasteiger partial charge >= 0.3 is 0 Å². The Bertz CT molecular complexity index is 677. The van der Waals surface area contributed by atoms with Crippen molar-refractivity contribution in [2.75, 3.05) is 13.2 Å². The Balaban J connectivity index is 2.02. The van der Waals surface area contributed by atoms with Crippen LogP contribution in [0.2, 0.25) is 5.02 Å². The lowest BCUT2D eigenvalue weighted by atomic mass is 10.0. The first-order valence-corrected chi connectivity index (χ1v) is 9.13. The van der Waals surface area contributed by atoms with E-state index in [1.54, 1.807) is 17.4 Å². The van der Waals surface area contributed by atoms with E-state index in [4.69, 9.17) is 26.8 Å². The van der Waals surface area contributed by atoms with Crippen LogP contribution in [0.3, 0.4) is 0 Å². The van der Waals surface area contributed by atoms with Crippen LogP contribution in [0.5, 0.6) is 11.5 Å². The lowest BCUT2D eigenvalue weighted by Gasteiger charge is -2.16. The lowest BCUT2D eigenvalue weighted by Crippen LogP contribution is -2.12. The topological polar surface area (TPSA) is 44.5 Å². The van der Waals surface area contributed by atoms with E-state index in [9.17, 15) is 0 Å². The maximum atomic E-state index is 6.38. The SMILES string of the molecule is NC(c1cc2c(cc1Cl)OCCCO2)c1cc(Br)sc1Br. The fourth-order valence-electron chi connectivity index (χ4n) is 2.17. The molecule has 0 amide bonds. The highest BCUT2D eigenvalue weighted by molar-refractivity contribution is 9.12. The normalized spacial score (nSPS) is 15.6. The number of benzene rings is 1. The Hall–Kier alpha value is -0.270. The summed E-state index contributed by atoms with van der Waals surface area (Å²) in [5.41, 5.74) is 8.19. The zero-order chi connectivity index (χ0) is 15.0. The van der Waals surface area contributed by atoms with Gasteiger partial charge in [-0.15, -0.1) is 11.3 Å². The van der Waals surface area contributed by atoms with Gasteiger partial charge in [0.25, 0.3) is 0 Å². The average molecular weight is 454 g/mol. The molecule has 2 heterocycles. The maximum absolute atomic E-state index is 6.38. The molecule has 3 nitrogen and oxygen atoms in total. The molecule has 1 unspecified atom stereocenters. The number of halogens is 3. The summed E-state index contributed by atoms with van der Waals surface area (Å²) < 4.78 is 13.4. The smallest absolute Gasteiger partial charge is 0.162 e. The highest BCUT2D eigenvalue weighted by Gasteiger charge is 2.21. The molecule has 7 heteroatoms. The Labute approximate surface area is 148 Å². The van der Waals surface area contributed by atoms with Crippen LogP contribution in [0.25, 0.3) is 0 Å². The van der Waals surface area contributed by atoms with E-state index in [0.29, 0.717) is 29.7 Å². The molecule has 2 aromatic rings. The number of rotatable bonds is 2.